The van der Waals surface area contributed by atoms with Gasteiger partial charge in [-0.1, -0.05) is 24.3 Å². The first kappa shape index (κ1) is 28.4. The first-order chi connectivity index (χ1) is 21.4. The van der Waals surface area contributed by atoms with Crippen LogP contribution < -0.4 is 30.2 Å². The molecule has 8 nitrogen and oxygen atoms in total. The lowest BCUT2D eigenvalue weighted by Crippen LogP contribution is -2.15. The summed E-state index contributed by atoms with van der Waals surface area (Å²) < 4.78 is 33.4. The van der Waals surface area contributed by atoms with Gasteiger partial charge in [0.05, 0.1) is 28.4 Å². The Bertz CT molecular complexity index is 1910. The van der Waals surface area contributed by atoms with Crippen LogP contribution in [0, 0.1) is 0 Å². The van der Waals surface area contributed by atoms with Gasteiger partial charge < -0.3 is 27.8 Å². The largest absolute Gasteiger partial charge is 0.497 e. The molecule has 0 aliphatic carbocycles. The topological polar surface area (TPSA) is 97.3 Å². The third-order valence-electron chi connectivity index (χ3n) is 7.46. The fourth-order valence-corrected chi connectivity index (χ4v) is 5.24. The van der Waals surface area contributed by atoms with Crippen LogP contribution in [0.15, 0.2) is 115 Å². The van der Waals surface area contributed by atoms with Crippen LogP contribution in [0.3, 0.4) is 0 Å². The van der Waals surface area contributed by atoms with Crippen LogP contribution in [0.5, 0.6) is 23.0 Å². The molecule has 2 heterocycles. The minimum atomic E-state index is -0.812. The van der Waals surface area contributed by atoms with Crippen LogP contribution in [-0.4, -0.2) is 28.4 Å². The van der Waals surface area contributed by atoms with E-state index >= 15 is 0 Å². The van der Waals surface area contributed by atoms with Crippen molar-refractivity contribution in [1.82, 2.24) is 0 Å². The van der Waals surface area contributed by atoms with Crippen LogP contribution >= 0.6 is 0 Å². The normalized spacial score (nSPS) is 10.9. The average molecular weight is 589 g/mol. The van der Waals surface area contributed by atoms with E-state index in [1.165, 1.54) is 0 Å². The maximum Gasteiger partial charge on any atom is 0.351 e. The molecule has 0 fully saturated rings. The summed E-state index contributed by atoms with van der Waals surface area (Å²) in [5.41, 5.74) is 2.10. The van der Waals surface area contributed by atoms with Crippen LogP contribution in [0.2, 0.25) is 0 Å². The van der Waals surface area contributed by atoms with Gasteiger partial charge in [0.25, 0.3) is 0 Å². The van der Waals surface area contributed by atoms with Crippen molar-refractivity contribution in [3.63, 3.8) is 0 Å². The number of hydrogen-bond donors (Lipinski definition) is 0. The molecule has 0 saturated heterocycles. The lowest BCUT2D eigenvalue weighted by molar-refractivity contribution is 0.414. The summed E-state index contributed by atoms with van der Waals surface area (Å²) >= 11 is 0. The van der Waals surface area contributed by atoms with Gasteiger partial charge in [-0.15, -0.1) is 0 Å². The maximum atomic E-state index is 13.7. The summed E-state index contributed by atoms with van der Waals surface area (Å²) in [6.07, 6.45) is 0. The Labute approximate surface area is 252 Å². The van der Waals surface area contributed by atoms with Gasteiger partial charge in [0.2, 0.25) is 0 Å². The predicted molar refractivity (Wildman–Crippen MR) is 169 cm³/mol. The Balaban J connectivity index is 1.81. The second-order valence-corrected chi connectivity index (χ2v) is 9.85. The van der Waals surface area contributed by atoms with Gasteiger partial charge in [-0.2, -0.15) is 0 Å². The molecule has 0 atom stereocenters. The van der Waals surface area contributed by atoms with E-state index in [4.69, 9.17) is 27.8 Å². The van der Waals surface area contributed by atoms with Gasteiger partial charge in [-0.25, -0.2) is 9.59 Å². The second kappa shape index (κ2) is 11.9. The van der Waals surface area contributed by atoms with Crippen molar-refractivity contribution in [3.8, 4) is 67.9 Å². The van der Waals surface area contributed by atoms with E-state index in [2.05, 4.69) is 0 Å². The number of methoxy groups -OCH3 is 4. The van der Waals surface area contributed by atoms with Crippen molar-refractivity contribution >= 4 is 10.8 Å². The molecule has 220 valence electrons. The highest BCUT2D eigenvalue weighted by Crippen LogP contribution is 2.45. The Morgan fingerprint density at radius 2 is 0.659 bits per heavy atom. The minimum absolute atomic E-state index is 0.198. The first-order valence-electron chi connectivity index (χ1n) is 13.7. The van der Waals surface area contributed by atoms with Crippen LogP contribution in [0.25, 0.3) is 55.7 Å². The molecule has 6 rings (SSSR count). The molecule has 2 aromatic heterocycles. The van der Waals surface area contributed by atoms with Crippen LogP contribution in [-0.2, 0) is 0 Å². The third-order valence-corrected chi connectivity index (χ3v) is 7.46. The molecule has 0 radical (unpaired) electrons. The highest BCUT2D eigenvalue weighted by atomic mass is 16.5. The molecule has 0 amide bonds. The third kappa shape index (κ3) is 5.07. The lowest BCUT2D eigenvalue weighted by Gasteiger charge is -2.18. The van der Waals surface area contributed by atoms with Crippen molar-refractivity contribution in [1.29, 1.82) is 0 Å². The smallest absolute Gasteiger partial charge is 0.351 e. The van der Waals surface area contributed by atoms with E-state index in [0.717, 1.165) is 0 Å². The molecule has 0 N–H and O–H groups in total. The Hall–Kier alpha value is -5.76. The van der Waals surface area contributed by atoms with Crippen molar-refractivity contribution in [2.45, 2.75) is 0 Å². The molecular weight excluding hydrogens is 560 g/mol. The summed E-state index contributed by atoms with van der Waals surface area (Å²) in [7, 11) is 6.33. The highest BCUT2D eigenvalue weighted by Gasteiger charge is 2.27. The second-order valence-electron chi connectivity index (χ2n) is 9.85. The zero-order valence-electron chi connectivity index (χ0n) is 24.5. The number of hydrogen-bond acceptors (Lipinski definition) is 8. The number of ether oxygens (including phenoxy) is 4. The van der Waals surface area contributed by atoms with Gasteiger partial charge in [0.1, 0.15) is 34.5 Å². The molecule has 0 unspecified atom stereocenters. The molecule has 0 saturated carbocycles. The van der Waals surface area contributed by atoms with Crippen molar-refractivity contribution in [2.24, 2.45) is 0 Å². The minimum Gasteiger partial charge on any atom is -0.497 e. The monoisotopic (exact) mass is 588 g/mol. The Morgan fingerprint density at radius 3 is 0.932 bits per heavy atom. The van der Waals surface area contributed by atoms with Crippen LogP contribution in [0.1, 0.15) is 0 Å². The SMILES string of the molecule is COc1ccc(-c2oc(=O)c3c(=O)oc(-c4ccc(OC)cc4)c(-c4ccc(OC)cc4)c3c2-c2ccc(OC)cc2)cc1. The maximum absolute atomic E-state index is 13.7. The molecular formula is C36H28O8. The van der Waals surface area contributed by atoms with Gasteiger partial charge in [-0.05, 0) is 83.9 Å². The summed E-state index contributed by atoms with van der Waals surface area (Å²) in [4.78, 5) is 27.4. The predicted octanol–water partition coefficient (Wildman–Crippen LogP) is 7.45. The van der Waals surface area contributed by atoms with Gasteiger partial charge in [-0.3, -0.25) is 0 Å². The highest BCUT2D eigenvalue weighted by molar-refractivity contribution is 6.11. The molecule has 6 aromatic rings. The molecule has 0 aliphatic rings. The van der Waals surface area contributed by atoms with Gasteiger partial charge in [0, 0.05) is 27.6 Å². The van der Waals surface area contributed by atoms with E-state index in [-0.39, 0.29) is 16.9 Å². The lowest BCUT2D eigenvalue weighted by atomic mass is 9.89. The van der Waals surface area contributed by atoms with E-state index < -0.39 is 11.3 Å². The molecule has 8 heteroatoms. The summed E-state index contributed by atoms with van der Waals surface area (Å²) in [6, 6.07) is 29.0. The number of benzene rings is 4. The fourth-order valence-electron chi connectivity index (χ4n) is 5.24. The van der Waals surface area contributed by atoms with Crippen molar-refractivity contribution < 1.29 is 27.8 Å². The first-order valence-corrected chi connectivity index (χ1v) is 13.7. The standard InChI is InChI=1S/C36H28O8/c1-39-25-13-5-21(6-14-25)29-31-30(22-7-15-26(40-2)16-8-22)34(24-11-19-28(42-4)20-12-24)44-36(38)32(31)35(37)43-33(29)23-9-17-27(41-3)18-10-23/h5-20H,1-4H3. The van der Waals surface area contributed by atoms with Crippen molar-refractivity contribution in [2.75, 3.05) is 28.4 Å². The summed E-state index contributed by atoms with van der Waals surface area (Å²) in [5, 5.41) is 0.195. The van der Waals surface area contributed by atoms with Crippen molar-refractivity contribution in [3.05, 3.63) is 118 Å². The zero-order chi connectivity index (χ0) is 30.8. The number of rotatable bonds is 8. The molecule has 4 aromatic carbocycles. The Kier molecular flexibility index (Phi) is 7.64. The molecule has 44 heavy (non-hydrogen) atoms. The summed E-state index contributed by atoms with van der Waals surface area (Å²) in [5.74, 6) is 3.16. The van der Waals surface area contributed by atoms with E-state index in [1.54, 1.807) is 77.0 Å². The fraction of sp³-hybridized carbons (Fsp3) is 0.111. The molecule has 0 aliphatic heterocycles. The quantitative estimate of drug-likeness (QED) is 0.181. The molecule has 0 spiro atoms. The molecule has 0 bridgehead atoms. The summed E-state index contributed by atoms with van der Waals surface area (Å²) in [6.45, 7) is 0. The zero-order valence-corrected chi connectivity index (χ0v) is 24.5. The Morgan fingerprint density at radius 1 is 0.386 bits per heavy atom. The van der Waals surface area contributed by atoms with Crippen LogP contribution in [0.4, 0.5) is 0 Å². The van der Waals surface area contributed by atoms with E-state index in [0.29, 0.717) is 61.8 Å². The van der Waals surface area contributed by atoms with Gasteiger partial charge >= 0.3 is 11.3 Å². The average Bonchev–Trinajstić information content (AvgIpc) is 3.08. The van der Waals surface area contributed by atoms with Gasteiger partial charge in [0.15, 0.2) is 5.39 Å². The van der Waals surface area contributed by atoms with E-state index in [1.807, 2.05) is 48.5 Å². The van der Waals surface area contributed by atoms with E-state index in [9.17, 15) is 9.59 Å². The number of fused-ring (bicyclic) bond motifs is 1.